The summed E-state index contributed by atoms with van der Waals surface area (Å²) in [6.45, 7) is 12.5. The number of hydrogen-bond donors (Lipinski definition) is 3. The van der Waals surface area contributed by atoms with E-state index in [1.54, 1.807) is 0 Å². The van der Waals surface area contributed by atoms with Crippen molar-refractivity contribution in [1.29, 1.82) is 0 Å². The van der Waals surface area contributed by atoms with Crippen LogP contribution in [0.25, 0.3) is 0 Å². The lowest BCUT2D eigenvalue weighted by Gasteiger charge is -2.58. The van der Waals surface area contributed by atoms with Crippen LogP contribution in [0, 0.1) is 46.3 Å². The Morgan fingerprint density at radius 2 is 1.84 bits per heavy atom. The first-order valence-electron chi connectivity index (χ1n) is 17.1. The van der Waals surface area contributed by atoms with Crippen molar-refractivity contribution in [2.24, 2.45) is 46.3 Å². The molecule has 0 radical (unpaired) electrons. The fraction of sp³-hybridized carbons (Fsp3) is 0.912. The van der Waals surface area contributed by atoms with Crippen molar-refractivity contribution >= 4 is 13.9 Å². The second-order valence-electron chi connectivity index (χ2n) is 15.2. The van der Waals surface area contributed by atoms with Crippen LogP contribution in [-0.2, 0) is 18.3 Å². The molecule has 7 unspecified atom stereocenters. The highest BCUT2D eigenvalue weighted by Crippen LogP contribution is 2.67. The fourth-order valence-electron chi connectivity index (χ4n) is 9.79. The zero-order chi connectivity index (χ0) is 31.4. The van der Waals surface area contributed by atoms with Crippen LogP contribution in [0.3, 0.4) is 0 Å². The number of amides is 1. The predicted molar refractivity (Wildman–Crippen MR) is 169 cm³/mol. The van der Waals surface area contributed by atoms with Gasteiger partial charge in [0.15, 0.2) is 0 Å². The van der Waals surface area contributed by atoms with Gasteiger partial charge in [0.05, 0.1) is 12.7 Å². The van der Waals surface area contributed by atoms with Crippen molar-refractivity contribution in [3.05, 3.63) is 11.6 Å². The van der Waals surface area contributed by atoms with Gasteiger partial charge in [-0.1, -0.05) is 65.5 Å². The minimum absolute atomic E-state index is 0.108. The van der Waals surface area contributed by atoms with Gasteiger partial charge in [-0.2, -0.15) is 0 Å². The zero-order valence-corrected chi connectivity index (χ0v) is 28.6. The summed E-state index contributed by atoms with van der Waals surface area (Å²) in [5.74, 6) is 4.87. The van der Waals surface area contributed by atoms with Crippen molar-refractivity contribution < 1.29 is 33.1 Å². The Bertz CT molecular complexity index is 1020. The molecule has 1 amide bonds. The molecule has 10 atom stereocenters. The summed E-state index contributed by atoms with van der Waals surface area (Å²) in [6.07, 6.45) is 15.3. The molecule has 0 saturated heterocycles. The molecule has 4 aliphatic carbocycles. The van der Waals surface area contributed by atoms with Gasteiger partial charge in [0.25, 0.3) is 0 Å². The lowest BCUT2D eigenvalue weighted by Crippen LogP contribution is -2.51. The summed E-state index contributed by atoms with van der Waals surface area (Å²) in [6, 6.07) is 0. The Hall–Kier alpha value is -0.920. The van der Waals surface area contributed by atoms with E-state index in [1.165, 1.54) is 56.9 Å². The molecular weight excluding hydrogens is 565 g/mol. The molecule has 4 rings (SSSR count). The summed E-state index contributed by atoms with van der Waals surface area (Å²) in [4.78, 5) is 21.8. The molecule has 0 aromatic rings. The smallest absolute Gasteiger partial charge is 0.446 e. The zero-order valence-electron chi connectivity index (χ0n) is 27.7. The van der Waals surface area contributed by atoms with Crippen LogP contribution < -0.4 is 5.32 Å². The topological polar surface area (TPSA) is 114 Å². The van der Waals surface area contributed by atoms with Crippen LogP contribution in [0.15, 0.2) is 11.6 Å². The maximum atomic E-state index is 12.5. The van der Waals surface area contributed by atoms with E-state index in [4.69, 9.17) is 9.26 Å². The first-order valence-corrected chi connectivity index (χ1v) is 18.6. The SMILES string of the molecule is COP(=O)(O)OCCC(O)CCNC(=O)O[C@H]1CCC2(C)C(=CCC3C2CCC2(C)C3CC[C@@H]2[C@@H](C)CCCC(C)C)C1. The second-order valence-corrected chi connectivity index (χ2v) is 16.8. The van der Waals surface area contributed by atoms with Gasteiger partial charge in [-0.05, 0) is 104 Å². The molecule has 3 fully saturated rings. The second kappa shape index (κ2) is 14.7. The number of carbonyl (C=O) groups excluding carboxylic acids is 1. The average molecular weight is 626 g/mol. The van der Waals surface area contributed by atoms with Crippen LogP contribution in [0.4, 0.5) is 4.79 Å². The Kier molecular flexibility index (Phi) is 11.9. The van der Waals surface area contributed by atoms with E-state index in [-0.39, 0.29) is 31.1 Å². The van der Waals surface area contributed by atoms with Gasteiger partial charge < -0.3 is 20.1 Å². The molecule has 0 aromatic heterocycles. The number of phosphoric acid groups is 1. The molecule has 0 aromatic carbocycles. The summed E-state index contributed by atoms with van der Waals surface area (Å²) >= 11 is 0. The van der Waals surface area contributed by atoms with E-state index < -0.39 is 20.0 Å². The number of nitrogens with one attached hydrogen (secondary N) is 1. The molecular formula is C34H60NO7P. The molecule has 3 N–H and O–H groups in total. The molecule has 0 aliphatic heterocycles. The summed E-state index contributed by atoms with van der Waals surface area (Å²) in [5.41, 5.74) is 2.21. The lowest BCUT2D eigenvalue weighted by molar-refractivity contribution is -0.0581. The van der Waals surface area contributed by atoms with Crippen LogP contribution in [0.1, 0.15) is 118 Å². The van der Waals surface area contributed by atoms with E-state index in [1.807, 2.05) is 0 Å². The molecule has 9 heteroatoms. The highest BCUT2D eigenvalue weighted by Gasteiger charge is 2.59. The number of fused-ring (bicyclic) bond motifs is 5. The summed E-state index contributed by atoms with van der Waals surface area (Å²) in [5, 5.41) is 12.8. The van der Waals surface area contributed by atoms with E-state index in [0.717, 1.165) is 61.9 Å². The molecule has 8 nitrogen and oxygen atoms in total. The highest BCUT2D eigenvalue weighted by atomic mass is 31.2. The first-order chi connectivity index (χ1) is 20.3. The minimum atomic E-state index is -4.04. The van der Waals surface area contributed by atoms with Gasteiger partial charge in [0, 0.05) is 20.1 Å². The summed E-state index contributed by atoms with van der Waals surface area (Å²) < 4.78 is 26.2. The van der Waals surface area contributed by atoms with Crippen molar-refractivity contribution in [2.45, 2.75) is 130 Å². The predicted octanol–water partition coefficient (Wildman–Crippen LogP) is 8.03. The lowest BCUT2D eigenvalue weighted by atomic mass is 9.47. The Labute approximate surface area is 260 Å². The molecule has 43 heavy (non-hydrogen) atoms. The number of carbonyl (C=O) groups is 1. The molecule has 0 spiro atoms. The van der Waals surface area contributed by atoms with E-state index in [2.05, 4.69) is 50.5 Å². The normalized spacial score (nSPS) is 36.5. The minimum Gasteiger partial charge on any atom is -0.446 e. The molecule has 0 heterocycles. The number of aliphatic hydroxyl groups excluding tert-OH is 1. The number of alkyl carbamates (subject to hydrolysis) is 1. The van der Waals surface area contributed by atoms with Gasteiger partial charge in [-0.15, -0.1) is 0 Å². The van der Waals surface area contributed by atoms with Crippen molar-refractivity contribution in [3.63, 3.8) is 0 Å². The Balaban J connectivity index is 1.25. The van der Waals surface area contributed by atoms with E-state index in [0.29, 0.717) is 11.8 Å². The van der Waals surface area contributed by atoms with Gasteiger partial charge in [0.1, 0.15) is 6.10 Å². The quantitative estimate of drug-likeness (QED) is 0.132. The number of rotatable bonds is 14. The third-order valence-electron chi connectivity index (χ3n) is 12.2. The van der Waals surface area contributed by atoms with Crippen LogP contribution in [-0.4, -0.2) is 48.6 Å². The number of allylic oxidation sites excluding steroid dienone is 1. The number of phosphoric ester groups is 1. The van der Waals surface area contributed by atoms with Gasteiger partial charge in [-0.3, -0.25) is 9.05 Å². The number of aliphatic hydroxyl groups is 1. The Morgan fingerprint density at radius 3 is 2.56 bits per heavy atom. The molecule has 0 bridgehead atoms. The van der Waals surface area contributed by atoms with E-state index in [9.17, 15) is 19.4 Å². The van der Waals surface area contributed by atoms with E-state index >= 15 is 0 Å². The van der Waals surface area contributed by atoms with Crippen LogP contribution in [0.2, 0.25) is 0 Å². The molecule has 4 aliphatic rings. The molecule has 248 valence electrons. The van der Waals surface area contributed by atoms with Crippen molar-refractivity contribution in [2.75, 3.05) is 20.3 Å². The maximum absolute atomic E-state index is 12.5. The summed E-state index contributed by atoms with van der Waals surface area (Å²) in [7, 11) is -2.95. The first kappa shape index (κ1) is 34.9. The van der Waals surface area contributed by atoms with Gasteiger partial charge in [0.2, 0.25) is 0 Å². The Morgan fingerprint density at radius 1 is 1.07 bits per heavy atom. The third-order valence-corrected chi connectivity index (χ3v) is 13.2. The fourth-order valence-corrected chi connectivity index (χ4v) is 10.2. The standard InChI is InChI=1S/C34H60NO7P/c1-23(2)8-7-9-24(3)29-12-13-30-28-11-10-25-22-27(14-18-33(25,4)31(28)15-19-34(29,30)5)42-32(37)35-20-16-26(36)17-21-41-43(38,39)40-6/h10,23-24,26-31,36H,7-9,11-22H2,1-6H3,(H,35,37)(H,38,39)/t24-,26?,27-,28?,29+,30?,31?,33?,34?/m0/s1. The van der Waals surface area contributed by atoms with Crippen LogP contribution >= 0.6 is 7.82 Å². The van der Waals surface area contributed by atoms with Crippen LogP contribution in [0.5, 0.6) is 0 Å². The third kappa shape index (κ3) is 8.27. The maximum Gasteiger partial charge on any atom is 0.471 e. The van der Waals surface area contributed by atoms with Crippen molar-refractivity contribution in [1.82, 2.24) is 5.32 Å². The largest absolute Gasteiger partial charge is 0.471 e. The van der Waals surface area contributed by atoms with Gasteiger partial charge in [-0.25, -0.2) is 9.36 Å². The van der Waals surface area contributed by atoms with Gasteiger partial charge >= 0.3 is 13.9 Å². The highest BCUT2D eigenvalue weighted by molar-refractivity contribution is 7.47. The monoisotopic (exact) mass is 625 g/mol. The molecule has 3 saturated carbocycles. The average Bonchev–Trinajstić information content (AvgIpc) is 3.30. The van der Waals surface area contributed by atoms with Crippen molar-refractivity contribution in [3.8, 4) is 0 Å². The number of hydrogen-bond acceptors (Lipinski definition) is 6. The number of ether oxygens (including phenoxy) is 1.